The summed E-state index contributed by atoms with van der Waals surface area (Å²) in [6.45, 7) is 1.59. The molecule has 0 aliphatic carbocycles. The molecule has 1 N–H and O–H groups in total. The van der Waals surface area contributed by atoms with Gasteiger partial charge in [-0.3, -0.25) is 0 Å². The topological polar surface area (TPSA) is 38.7 Å². The van der Waals surface area contributed by atoms with E-state index < -0.39 is 7.94 Å². The fraction of sp³-hybridized carbons (Fsp3) is 0.0769. The molecule has 0 spiro atoms. The standard InChI is InChI=1S/C13H15O3P/c1-17(14,15-12-8-4-2-5-9-12)16-13-10-6-3-7-11-13/h2-11,14,17H,1H3. The predicted octanol–water partition coefficient (Wildman–Crippen LogP) is 3.26. The van der Waals surface area contributed by atoms with Gasteiger partial charge in [-0.2, -0.15) is 0 Å². The van der Waals surface area contributed by atoms with Crippen LogP contribution in [0.2, 0.25) is 0 Å². The van der Waals surface area contributed by atoms with Crippen LogP contribution in [0.1, 0.15) is 0 Å². The zero-order valence-corrected chi connectivity index (χ0v) is 10.5. The SMILES string of the molecule is C[PH](O)(Oc1ccccc1)Oc1ccccc1. The van der Waals surface area contributed by atoms with E-state index in [1.165, 1.54) is 0 Å². The Labute approximate surface area is 101 Å². The van der Waals surface area contributed by atoms with Crippen molar-refractivity contribution >= 4 is 7.94 Å². The molecule has 17 heavy (non-hydrogen) atoms. The van der Waals surface area contributed by atoms with Gasteiger partial charge in [0.15, 0.2) is 0 Å². The normalized spacial score (nSPS) is 11.9. The van der Waals surface area contributed by atoms with Gasteiger partial charge in [-0.25, -0.2) is 0 Å². The van der Waals surface area contributed by atoms with Crippen molar-refractivity contribution in [3.63, 3.8) is 0 Å². The number of rotatable bonds is 4. The van der Waals surface area contributed by atoms with Crippen LogP contribution in [0.4, 0.5) is 0 Å². The van der Waals surface area contributed by atoms with Gasteiger partial charge in [0.1, 0.15) is 0 Å². The predicted molar refractivity (Wildman–Crippen MR) is 70.6 cm³/mol. The average molecular weight is 250 g/mol. The third-order valence-electron chi connectivity index (χ3n) is 2.10. The van der Waals surface area contributed by atoms with Crippen molar-refractivity contribution in [2.24, 2.45) is 0 Å². The van der Waals surface area contributed by atoms with E-state index >= 15 is 0 Å². The molecule has 0 radical (unpaired) electrons. The molecule has 4 heteroatoms. The monoisotopic (exact) mass is 250 g/mol. The fourth-order valence-electron chi connectivity index (χ4n) is 1.44. The molecule has 0 amide bonds. The molecule has 0 aliphatic rings. The van der Waals surface area contributed by atoms with Crippen molar-refractivity contribution in [1.29, 1.82) is 0 Å². The molecule has 0 unspecified atom stereocenters. The van der Waals surface area contributed by atoms with Crippen molar-refractivity contribution < 1.29 is 13.9 Å². The molecule has 2 rings (SSSR count). The maximum atomic E-state index is 10.1. The van der Waals surface area contributed by atoms with Crippen LogP contribution in [0.3, 0.4) is 0 Å². The van der Waals surface area contributed by atoms with E-state index in [1.54, 1.807) is 30.9 Å². The molecule has 0 aromatic heterocycles. The van der Waals surface area contributed by atoms with Crippen molar-refractivity contribution in [2.45, 2.75) is 0 Å². The number of hydrogen-bond acceptors (Lipinski definition) is 3. The van der Waals surface area contributed by atoms with E-state index in [0.29, 0.717) is 11.5 Å². The summed E-state index contributed by atoms with van der Waals surface area (Å²) < 4.78 is 11.0. The van der Waals surface area contributed by atoms with Crippen LogP contribution in [0.25, 0.3) is 0 Å². The summed E-state index contributed by atoms with van der Waals surface area (Å²) in [5, 5.41) is 0. The first-order valence-corrected chi connectivity index (χ1v) is 7.63. The third-order valence-corrected chi connectivity index (χ3v) is 3.33. The number of para-hydroxylation sites is 2. The molecule has 3 nitrogen and oxygen atoms in total. The van der Waals surface area contributed by atoms with Crippen LogP contribution in [0.15, 0.2) is 60.7 Å². The second kappa shape index (κ2) is 5.17. The summed E-state index contributed by atoms with van der Waals surface area (Å²) in [5.41, 5.74) is 0. The Morgan fingerprint density at radius 1 is 0.765 bits per heavy atom. The first-order valence-electron chi connectivity index (χ1n) is 5.36. The molecule has 2 aromatic rings. The van der Waals surface area contributed by atoms with Crippen LogP contribution in [0.5, 0.6) is 11.5 Å². The summed E-state index contributed by atoms with van der Waals surface area (Å²) >= 11 is 0. The second-order valence-corrected chi connectivity index (χ2v) is 5.93. The molecule has 0 bridgehead atoms. The van der Waals surface area contributed by atoms with Gasteiger partial charge in [-0.15, -0.1) is 0 Å². The second-order valence-electron chi connectivity index (χ2n) is 3.73. The van der Waals surface area contributed by atoms with E-state index in [-0.39, 0.29) is 0 Å². The average Bonchev–Trinajstić information content (AvgIpc) is 2.30. The molecule has 0 saturated carbocycles. The van der Waals surface area contributed by atoms with Crippen LogP contribution in [0, 0.1) is 0 Å². The Hall–Kier alpha value is -1.57. The number of hydrogen-bond donors (Lipinski definition) is 1. The van der Waals surface area contributed by atoms with E-state index in [2.05, 4.69) is 0 Å². The van der Waals surface area contributed by atoms with Crippen LogP contribution >= 0.6 is 7.94 Å². The Kier molecular flexibility index (Phi) is 3.62. The summed E-state index contributed by atoms with van der Waals surface area (Å²) in [7, 11) is -3.18. The third kappa shape index (κ3) is 3.74. The first-order chi connectivity index (χ1) is 8.16. The summed E-state index contributed by atoms with van der Waals surface area (Å²) in [4.78, 5) is 10.1. The van der Waals surface area contributed by atoms with E-state index in [1.807, 2.05) is 36.4 Å². The Bertz CT molecular complexity index is 413. The van der Waals surface area contributed by atoms with Crippen molar-refractivity contribution in [3.8, 4) is 11.5 Å². The molecule has 0 heterocycles. The number of benzene rings is 2. The van der Waals surface area contributed by atoms with Crippen LogP contribution in [-0.4, -0.2) is 11.6 Å². The van der Waals surface area contributed by atoms with E-state index in [4.69, 9.17) is 9.05 Å². The maximum absolute atomic E-state index is 10.1. The van der Waals surface area contributed by atoms with Crippen LogP contribution < -0.4 is 9.05 Å². The molecular weight excluding hydrogens is 235 g/mol. The minimum absolute atomic E-state index is 0.611. The van der Waals surface area contributed by atoms with E-state index in [0.717, 1.165) is 0 Å². The quantitative estimate of drug-likeness (QED) is 0.846. The Morgan fingerprint density at radius 3 is 1.47 bits per heavy atom. The van der Waals surface area contributed by atoms with E-state index in [9.17, 15) is 4.89 Å². The Morgan fingerprint density at radius 2 is 1.12 bits per heavy atom. The zero-order chi connectivity index (χ0) is 12.1. The summed E-state index contributed by atoms with van der Waals surface area (Å²) in [6.07, 6.45) is 0. The van der Waals surface area contributed by atoms with Gasteiger partial charge < -0.3 is 0 Å². The summed E-state index contributed by atoms with van der Waals surface area (Å²) in [5.74, 6) is 1.22. The van der Waals surface area contributed by atoms with Crippen LogP contribution in [-0.2, 0) is 0 Å². The van der Waals surface area contributed by atoms with Gasteiger partial charge in [0.25, 0.3) is 0 Å². The Balaban J connectivity index is 2.04. The molecule has 0 aliphatic heterocycles. The van der Waals surface area contributed by atoms with Gasteiger partial charge in [-0.05, 0) is 0 Å². The van der Waals surface area contributed by atoms with Gasteiger partial charge in [-0.1, -0.05) is 0 Å². The van der Waals surface area contributed by atoms with Crippen molar-refractivity contribution in [1.82, 2.24) is 0 Å². The zero-order valence-electron chi connectivity index (χ0n) is 9.54. The minimum atomic E-state index is -3.18. The molecule has 0 atom stereocenters. The molecule has 90 valence electrons. The summed E-state index contributed by atoms with van der Waals surface area (Å²) in [6, 6.07) is 18.3. The fourth-order valence-corrected chi connectivity index (χ4v) is 2.62. The molecular formula is C13H15O3P. The first kappa shape index (κ1) is 11.9. The molecule has 2 aromatic carbocycles. The van der Waals surface area contributed by atoms with Gasteiger partial charge in [0.2, 0.25) is 0 Å². The van der Waals surface area contributed by atoms with Gasteiger partial charge >= 0.3 is 101 Å². The van der Waals surface area contributed by atoms with Crippen molar-refractivity contribution in [3.05, 3.63) is 60.7 Å². The van der Waals surface area contributed by atoms with Gasteiger partial charge in [0, 0.05) is 0 Å². The molecule has 0 saturated heterocycles. The van der Waals surface area contributed by atoms with Crippen molar-refractivity contribution in [2.75, 3.05) is 6.66 Å². The molecule has 0 fully saturated rings. The van der Waals surface area contributed by atoms with Gasteiger partial charge in [0.05, 0.1) is 0 Å².